The Morgan fingerprint density at radius 2 is 2.00 bits per heavy atom. The smallest absolute Gasteiger partial charge is 0.359 e. The molecule has 8 heteroatoms. The molecule has 1 aromatic rings. The van der Waals surface area contributed by atoms with E-state index in [2.05, 4.69) is 10.5 Å². The zero-order valence-corrected chi connectivity index (χ0v) is 13.6. The van der Waals surface area contributed by atoms with Gasteiger partial charge in [-0.05, 0) is 45.4 Å². The third-order valence-electron chi connectivity index (χ3n) is 5.01. The van der Waals surface area contributed by atoms with E-state index >= 15 is 0 Å². The number of nitrogens with zero attached hydrogens (tertiary/aromatic N) is 2. The molecule has 0 radical (unpaired) electrons. The molecule has 2 aliphatic rings. The van der Waals surface area contributed by atoms with Crippen molar-refractivity contribution in [1.82, 2.24) is 15.4 Å². The number of rotatable bonds is 2. The first-order chi connectivity index (χ1) is 11.3. The molecule has 1 saturated heterocycles. The van der Waals surface area contributed by atoms with Gasteiger partial charge in [-0.2, -0.15) is 13.2 Å². The highest BCUT2D eigenvalue weighted by Crippen LogP contribution is 2.38. The first-order valence-electron chi connectivity index (χ1n) is 8.41. The van der Waals surface area contributed by atoms with Gasteiger partial charge in [-0.15, -0.1) is 0 Å². The average molecular weight is 345 g/mol. The van der Waals surface area contributed by atoms with E-state index in [1.807, 2.05) is 13.0 Å². The van der Waals surface area contributed by atoms with Crippen LogP contribution in [0.2, 0.25) is 0 Å². The van der Waals surface area contributed by atoms with Crippen LogP contribution in [0.25, 0.3) is 0 Å². The van der Waals surface area contributed by atoms with Crippen LogP contribution in [0.3, 0.4) is 0 Å². The number of urea groups is 1. The number of nitrogens with one attached hydrogen (secondary N) is 1. The Morgan fingerprint density at radius 3 is 2.58 bits per heavy atom. The number of hydrogen-bond acceptors (Lipinski definition) is 3. The Hall–Kier alpha value is -1.73. The molecule has 1 atom stereocenters. The third kappa shape index (κ3) is 3.67. The number of halogens is 3. The number of carbonyl (C=O) groups excluding carboxylic acids is 1. The lowest BCUT2D eigenvalue weighted by atomic mass is 9.85. The highest BCUT2D eigenvalue weighted by atomic mass is 19.4. The number of alkyl halides is 3. The van der Waals surface area contributed by atoms with E-state index in [1.54, 1.807) is 4.90 Å². The lowest BCUT2D eigenvalue weighted by molar-refractivity contribution is -0.182. The van der Waals surface area contributed by atoms with E-state index in [-0.39, 0.29) is 31.0 Å². The maximum absolute atomic E-state index is 12.7. The molecule has 2 amide bonds. The fourth-order valence-corrected chi connectivity index (χ4v) is 3.67. The molecule has 1 aromatic heterocycles. The van der Waals surface area contributed by atoms with Gasteiger partial charge in [0.2, 0.25) is 0 Å². The van der Waals surface area contributed by atoms with E-state index in [9.17, 15) is 18.0 Å². The summed E-state index contributed by atoms with van der Waals surface area (Å²) in [6, 6.07) is 1.28. The highest BCUT2D eigenvalue weighted by Gasteiger charge is 2.42. The van der Waals surface area contributed by atoms with E-state index in [1.165, 1.54) is 0 Å². The molecule has 24 heavy (non-hydrogen) atoms. The molecule has 0 bridgehead atoms. The van der Waals surface area contributed by atoms with Gasteiger partial charge in [-0.3, -0.25) is 0 Å². The van der Waals surface area contributed by atoms with Gasteiger partial charge in [0.1, 0.15) is 0 Å². The van der Waals surface area contributed by atoms with Gasteiger partial charge in [0.15, 0.2) is 5.76 Å². The summed E-state index contributed by atoms with van der Waals surface area (Å²) >= 11 is 0. The first-order valence-corrected chi connectivity index (χ1v) is 8.41. The molecule has 1 N–H and O–H groups in total. The molecular weight excluding hydrogens is 323 g/mol. The summed E-state index contributed by atoms with van der Waals surface area (Å²) < 4.78 is 43.4. The molecule has 5 nitrogen and oxygen atoms in total. The van der Waals surface area contributed by atoms with Crippen molar-refractivity contribution < 1.29 is 22.5 Å². The first kappa shape index (κ1) is 17.1. The molecule has 0 spiro atoms. The van der Waals surface area contributed by atoms with Crippen molar-refractivity contribution >= 4 is 6.03 Å². The van der Waals surface area contributed by atoms with Crippen LogP contribution >= 0.6 is 0 Å². The molecule has 1 aliphatic heterocycles. The van der Waals surface area contributed by atoms with Crippen LogP contribution in [0.1, 0.15) is 56.0 Å². The van der Waals surface area contributed by atoms with E-state index in [4.69, 9.17) is 4.52 Å². The maximum atomic E-state index is 12.7. The van der Waals surface area contributed by atoms with Gasteiger partial charge in [0.25, 0.3) is 0 Å². The molecule has 2 fully saturated rings. The zero-order valence-electron chi connectivity index (χ0n) is 13.6. The van der Waals surface area contributed by atoms with Crippen LogP contribution in [-0.2, 0) is 0 Å². The quantitative estimate of drug-likeness (QED) is 0.883. The van der Waals surface area contributed by atoms with Crippen molar-refractivity contribution in [2.45, 2.75) is 63.7 Å². The number of hydrogen-bond donors (Lipinski definition) is 1. The van der Waals surface area contributed by atoms with Crippen molar-refractivity contribution in [3.8, 4) is 0 Å². The summed E-state index contributed by atoms with van der Waals surface area (Å²) in [6.45, 7) is 2.44. The van der Waals surface area contributed by atoms with Crippen molar-refractivity contribution in [3.63, 3.8) is 0 Å². The van der Waals surface area contributed by atoms with E-state index in [0.29, 0.717) is 25.1 Å². The standard InChI is InChI=1S/C16H22F3N3O2/c1-10-9-14(24-21-10)13-3-2-8-22(13)15(23)20-12-6-4-11(5-7-12)16(17,18)19/h9,11-13H,2-8H2,1H3,(H,20,23)/t11?,12?,13-/m1/s1. The maximum Gasteiger partial charge on any atom is 0.391 e. The van der Waals surface area contributed by atoms with Crippen LogP contribution in [0.5, 0.6) is 0 Å². The monoisotopic (exact) mass is 345 g/mol. The van der Waals surface area contributed by atoms with Gasteiger partial charge in [-0.1, -0.05) is 5.16 Å². The second-order valence-corrected chi connectivity index (χ2v) is 6.76. The number of likely N-dealkylation sites (tertiary alicyclic amines) is 1. The Labute approximate surface area is 138 Å². The van der Waals surface area contributed by atoms with Crippen LogP contribution in [0.15, 0.2) is 10.6 Å². The van der Waals surface area contributed by atoms with Crippen LogP contribution in [-0.4, -0.2) is 34.9 Å². The fraction of sp³-hybridized carbons (Fsp3) is 0.750. The number of carbonyl (C=O) groups is 1. The highest BCUT2D eigenvalue weighted by molar-refractivity contribution is 5.75. The summed E-state index contributed by atoms with van der Waals surface area (Å²) in [7, 11) is 0. The number of aryl methyl sites for hydroxylation is 1. The normalized spacial score (nSPS) is 28.2. The Balaban J connectivity index is 1.55. The molecule has 2 heterocycles. The van der Waals surface area contributed by atoms with Crippen molar-refractivity contribution in [1.29, 1.82) is 0 Å². The lowest BCUT2D eigenvalue weighted by Crippen LogP contribution is -2.46. The average Bonchev–Trinajstić information content (AvgIpc) is 3.15. The second kappa shape index (κ2) is 6.64. The van der Waals surface area contributed by atoms with Gasteiger partial charge in [0, 0.05) is 18.7 Å². The SMILES string of the molecule is Cc1cc([C@H]2CCCN2C(=O)NC2CCC(C(F)(F)F)CC2)on1. The molecular formula is C16H22F3N3O2. The predicted molar refractivity (Wildman–Crippen MR) is 80.3 cm³/mol. The topological polar surface area (TPSA) is 58.4 Å². The van der Waals surface area contributed by atoms with Crippen LogP contribution < -0.4 is 5.32 Å². The van der Waals surface area contributed by atoms with Gasteiger partial charge < -0.3 is 14.7 Å². The summed E-state index contributed by atoms with van der Waals surface area (Å²) in [5.74, 6) is -0.566. The largest absolute Gasteiger partial charge is 0.391 e. The van der Waals surface area contributed by atoms with Gasteiger partial charge in [0.05, 0.1) is 17.7 Å². The lowest BCUT2D eigenvalue weighted by Gasteiger charge is -2.32. The summed E-state index contributed by atoms with van der Waals surface area (Å²) in [5.41, 5.74) is 0.766. The minimum atomic E-state index is -4.13. The van der Waals surface area contributed by atoms with Crippen molar-refractivity contribution in [2.75, 3.05) is 6.54 Å². The molecule has 1 aliphatic carbocycles. The van der Waals surface area contributed by atoms with Gasteiger partial charge in [-0.25, -0.2) is 4.79 Å². The minimum absolute atomic E-state index is 0.0825. The Bertz CT molecular complexity index is 579. The van der Waals surface area contributed by atoms with E-state index in [0.717, 1.165) is 18.5 Å². The van der Waals surface area contributed by atoms with Crippen LogP contribution in [0.4, 0.5) is 18.0 Å². The fourth-order valence-electron chi connectivity index (χ4n) is 3.67. The van der Waals surface area contributed by atoms with Crippen molar-refractivity contribution in [3.05, 3.63) is 17.5 Å². The Morgan fingerprint density at radius 1 is 1.29 bits per heavy atom. The van der Waals surface area contributed by atoms with Crippen LogP contribution in [0, 0.1) is 12.8 Å². The summed E-state index contributed by atoms with van der Waals surface area (Å²) in [4.78, 5) is 14.2. The third-order valence-corrected chi connectivity index (χ3v) is 5.01. The van der Waals surface area contributed by atoms with E-state index < -0.39 is 12.1 Å². The molecule has 134 valence electrons. The summed E-state index contributed by atoms with van der Waals surface area (Å²) in [6.07, 6.45) is -1.54. The summed E-state index contributed by atoms with van der Waals surface area (Å²) in [5, 5.41) is 6.76. The van der Waals surface area contributed by atoms with Crippen molar-refractivity contribution in [2.24, 2.45) is 5.92 Å². The second-order valence-electron chi connectivity index (χ2n) is 6.76. The molecule has 0 aromatic carbocycles. The molecule has 0 unspecified atom stereocenters. The zero-order chi connectivity index (χ0) is 17.3. The molecule has 3 rings (SSSR count). The van der Waals surface area contributed by atoms with Gasteiger partial charge >= 0.3 is 12.2 Å². The number of aromatic nitrogens is 1. The number of amides is 2. The minimum Gasteiger partial charge on any atom is -0.359 e. The molecule has 1 saturated carbocycles. The Kier molecular flexibility index (Phi) is 4.73. The predicted octanol–water partition coefficient (Wildman–Crippen LogP) is 3.95.